The first-order valence-electron chi connectivity index (χ1n) is 8.98. The lowest BCUT2D eigenvalue weighted by atomic mass is 9.89. The van der Waals surface area contributed by atoms with Gasteiger partial charge in [0.2, 0.25) is 0 Å². The molecule has 25 heavy (non-hydrogen) atoms. The average Bonchev–Trinajstić information content (AvgIpc) is 2.59. The Hall–Kier alpha value is -0.160. The number of aliphatic imine (C=N–C) groups is 1. The van der Waals surface area contributed by atoms with E-state index in [1.54, 1.807) is 7.11 Å². The standard InChI is InChI=1S/C17H36N4O3.HI/c1-5-18-16(19-9-6-10-23-14-13-22-4)20-15-17(21(2)3)7-11-24-12-8-17;/h5-15H2,1-4H3,(H2,18,19,20);1H. The van der Waals surface area contributed by atoms with Crippen LogP contribution in [0.5, 0.6) is 0 Å². The zero-order valence-corrected chi connectivity index (χ0v) is 18.6. The molecule has 0 aliphatic carbocycles. The van der Waals surface area contributed by atoms with Crippen molar-refractivity contribution in [3.8, 4) is 0 Å². The number of nitrogens with one attached hydrogen (secondary N) is 2. The molecule has 0 aromatic heterocycles. The second-order valence-electron chi connectivity index (χ2n) is 6.31. The minimum absolute atomic E-state index is 0. The van der Waals surface area contributed by atoms with Gasteiger partial charge < -0.3 is 29.7 Å². The Balaban J connectivity index is 0.00000576. The van der Waals surface area contributed by atoms with Crippen molar-refractivity contribution >= 4 is 29.9 Å². The molecule has 1 rings (SSSR count). The largest absolute Gasteiger partial charge is 0.382 e. The molecule has 0 saturated carbocycles. The van der Waals surface area contributed by atoms with E-state index in [1.807, 2.05) is 0 Å². The normalized spacial score (nSPS) is 17.2. The van der Waals surface area contributed by atoms with Crippen LogP contribution in [0.3, 0.4) is 0 Å². The van der Waals surface area contributed by atoms with Crippen LogP contribution in [0.2, 0.25) is 0 Å². The number of nitrogens with zero attached hydrogens (tertiary/aromatic N) is 2. The van der Waals surface area contributed by atoms with Crippen molar-refractivity contribution < 1.29 is 14.2 Å². The van der Waals surface area contributed by atoms with Crippen LogP contribution in [0.25, 0.3) is 0 Å². The second kappa shape index (κ2) is 15.0. The smallest absolute Gasteiger partial charge is 0.191 e. The van der Waals surface area contributed by atoms with Gasteiger partial charge in [-0.05, 0) is 40.3 Å². The number of ether oxygens (including phenoxy) is 3. The minimum atomic E-state index is 0. The lowest BCUT2D eigenvalue weighted by molar-refractivity contribution is -0.00255. The molecule has 1 saturated heterocycles. The fraction of sp³-hybridized carbons (Fsp3) is 0.941. The summed E-state index contributed by atoms with van der Waals surface area (Å²) in [7, 11) is 5.96. The summed E-state index contributed by atoms with van der Waals surface area (Å²) in [6, 6.07) is 0. The average molecular weight is 472 g/mol. The van der Waals surface area contributed by atoms with Gasteiger partial charge in [-0.15, -0.1) is 24.0 Å². The first-order chi connectivity index (χ1) is 11.6. The van der Waals surface area contributed by atoms with E-state index >= 15 is 0 Å². The molecule has 1 heterocycles. The Morgan fingerprint density at radius 2 is 1.88 bits per heavy atom. The topological polar surface area (TPSA) is 67.4 Å². The number of halogens is 1. The van der Waals surface area contributed by atoms with Gasteiger partial charge in [0.25, 0.3) is 0 Å². The fourth-order valence-corrected chi connectivity index (χ4v) is 2.69. The SMILES string of the molecule is CCNC(=NCC1(N(C)C)CCOCC1)NCCCOCCOC.I. The molecule has 0 atom stereocenters. The maximum absolute atomic E-state index is 5.52. The Kier molecular flexibility index (Phi) is 14.9. The highest BCUT2D eigenvalue weighted by Crippen LogP contribution is 2.26. The van der Waals surface area contributed by atoms with E-state index in [2.05, 4.69) is 36.6 Å². The summed E-state index contributed by atoms with van der Waals surface area (Å²) >= 11 is 0. The van der Waals surface area contributed by atoms with E-state index in [4.69, 9.17) is 19.2 Å². The Morgan fingerprint density at radius 1 is 1.16 bits per heavy atom. The number of methoxy groups -OCH3 is 1. The van der Waals surface area contributed by atoms with Gasteiger partial charge in [0.15, 0.2) is 5.96 Å². The van der Waals surface area contributed by atoms with Crippen LogP contribution >= 0.6 is 24.0 Å². The van der Waals surface area contributed by atoms with E-state index in [9.17, 15) is 0 Å². The summed E-state index contributed by atoms with van der Waals surface area (Å²) in [5.41, 5.74) is 0.101. The zero-order chi connectivity index (χ0) is 17.7. The van der Waals surface area contributed by atoms with Crippen molar-refractivity contribution in [1.82, 2.24) is 15.5 Å². The molecule has 0 radical (unpaired) electrons. The van der Waals surface area contributed by atoms with E-state index in [-0.39, 0.29) is 29.5 Å². The fourth-order valence-electron chi connectivity index (χ4n) is 2.69. The molecule has 1 aliphatic heterocycles. The van der Waals surface area contributed by atoms with Crippen LogP contribution in [0, 0.1) is 0 Å². The van der Waals surface area contributed by atoms with Crippen molar-refractivity contribution in [1.29, 1.82) is 0 Å². The van der Waals surface area contributed by atoms with E-state index in [1.165, 1.54) is 0 Å². The van der Waals surface area contributed by atoms with E-state index in [0.29, 0.717) is 13.2 Å². The lowest BCUT2D eigenvalue weighted by Crippen LogP contribution is -2.51. The van der Waals surface area contributed by atoms with Crippen molar-refractivity contribution in [2.75, 3.05) is 73.9 Å². The van der Waals surface area contributed by atoms with Crippen LogP contribution in [0.15, 0.2) is 4.99 Å². The van der Waals surface area contributed by atoms with E-state index in [0.717, 1.165) is 64.7 Å². The van der Waals surface area contributed by atoms with Crippen LogP contribution < -0.4 is 10.6 Å². The molecule has 0 amide bonds. The third-order valence-electron chi connectivity index (χ3n) is 4.44. The Labute approximate surface area is 170 Å². The molecule has 2 N–H and O–H groups in total. The number of guanidine groups is 1. The first-order valence-corrected chi connectivity index (χ1v) is 8.98. The molecule has 0 aromatic carbocycles. The zero-order valence-electron chi connectivity index (χ0n) is 16.3. The summed E-state index contributed by atoms with van der Waals surface area (Å²) in [6.07, 6.45) is 2.99. The van der Waals surface area contributed by atoms with Crippen molar-refractivity contribution in [2.24, 2.45) is 4.99 Å². The third-order valence-corrected chi connectivity index (χ3v) is 4.44. The van der Waals surface area contributed by atoms with E-state index < -0.39 is 0 Å². The maximum atomic E-state index is 5.52. The molecule has 8 heteroatoms. The summed E-state index contributed by atoms with van der Waals surface area (Å²) in [4.78, 5) is 7.11. The van der Waals surface area contributed by atoms with Crippen molar-refractivity contribution in [3.05, 3.63) is 0 Å². The molecule has 0 bridgehead atoms. The highest BCUT2D eigenvalue weighted by molar-refractivity contribution is 14.0. The molecule has 150 valence electrons. The number of hydrogen-bond donors (Lipinski definition) is 2. The van der Waals surface area contributed by atoms with Gasteiger partial charge in [0.1, 0.15) is 0 Å². The highest BCUT2D eigenvalue weighted by atomic mass is 127. The molecule has 0 spiro atoms. The van der Waals surface area contributed by atoms with Gasteiger partial charge in [-0.2, -0.15) is 0 Å². The van der Waals surface area contributed by atoms with Gasteiger partial charge in [-0.25, -0.2) is 0 Å². The van der Waals surface area contributed by atoms with Crippen molar-refractivity contribution in [2.45, 2.75) is 31.7 Å². The van der Waals surface area contributed by atoms with Gasteiger partial charge in [-0.1, -0.05) is 0 Å². The second-order valence-corrected chi connectivity index (χ2v) is 6.31. The van der Waals surface area contributed by atoms with Gasteiger partial charge in [0, 0.05) is 45.6 Å². The molecular formula is C17H37IN4O3. The van der Waals surface area contributed by atoms with Crippen LogP contribution in [-0.2, 0) is 14.2 Å². The maximum Gasteiger partial charge on any atom is 0.191 e. The molecule has 1 fully saturated rings. The van der Waals surface area contributed by atoms with Gasteiger partial charge in [0.05, 0.1) is 19.8 Å². The minimum Gasteiger partial charge on any atom is -0.382 e. The third kappa shape index (κ3) is 9.93. The van der Waals surface area contributed by atoms with Crippen LogP contribution in [0.4, 0.5) is 0 Å². The summed E-state index contributed by atoms with van der Waals surface area (Å²) in [5, 5.41) is 6.70. The highest BCUT2D eigenvalue weighted by Gasteiger charge is 2.34. The molecule has 0 unspecified atom stereocenters. The lowest BCUT2D eigenvalue weighted by Gasteiger charge is -2.41. The number of hydrogen-bond acceptors (Lipinski definition) is 5. The molecule has 1 aliphatic rings. The monoisotopic (exact) mass is 472 g/mol. The summed E-state index contributed by atoms with van der Waals surface area (Å²) in [5.74, 6) is 0.877. The summed E-state index contributed by atoms with van der Waals surface area (Å²) < 4.78 is 15.9. The Morgan fingerprint density at radius 3 is 2.48 bits per heavy atom. The predicted octanol–water partition coefficient (Wildman–Crippen LogP) is 1.32. The van der Waals surface area contributed by atoms with Crippen molar-refractivity contribution in [3.63, 3.8) is 0 Å². The molecule has 0 aromatic rings. The molecule has 7 nitrogen and oxygen atoms in total. The quantitative estimate of drug-likeness (QED) is 0.205. The summed E-state index contributed by atoms with van der Waals surface area (Å²) in [6.45, 7) is 8.23. The van der Waals surface area contributed by atoms with Crippen LogP contribution in [-0.4, -0.2) is 90.3 Å². The Bertz CT molecular complexity index is 351. The van der Waals surface area contributed by atoms with Crippen LogP contribution in [0.1, 0.15) is 26.2 Å². The first kappa shape index (κ1) is 24.8. The number of likely N-dealkylation sites (N-methyl/N-ethyl adjacent to an activating group) is 1. The molecular weight excluding hydrogens is 435 g/mol. The van der Waals surface area contributed by atoms with Gasteiger partial charge in [-0.3, -0.25) is 4.99 Å². The predicted molar refractivity (Wildman–Crippen MR) is 113 cm³/mol. The number of rotatable bonds is 11. The van der Waals surface area contributed by atoms with Gasteiger partial charge >= 0.3 is 0 Å².